The second-order valence-corrected chi connectivity index (χ2v) is 4.04. The van der Waals surface area contributed by atoms with Crippen molar-refractivity contribution in [1.82, 2.24) is 5.32 Å². The number of nitrogens with one attached hydrogen (secondary N) is 1. The molecule has 0 saturated carbocycles. The van der Waals surface area contributed by atoms with Crippen LogP contribution in [0.3, 0.4) is 0 Å². The topological polar surface area (TPSA) is 46.2 Å². The number of hydrogen-bond donors (Lipinski definition) is 1. The maximum absolute atomic E-state index is 11.8. The van der Waals surface area contributed by atoms with Crippen molar-refractivity contribution in [2.45, 2.75) is 38.5 Å². The molecular formula is C12H19NO2. The maximum Gasteiger partial charge on any atom is 0.220 e. The Kier molecular flexibility index (Phi) is 5.08. The van der Waals surface area contributed by atoms with Gasteiger partial charge in [-0.05, 0) is 25.7 Å². The number of hydrogen-bond acceptors (Lipinski definition) is 2. The third-order valence-corrected chi connectivity index (χ3v) is 2.77. The summed E-state index contributed by atoms with van der Waals surface area (Å²) in [5, 5.41) is 2.79. The van der Waals surface area contributed by atoms with E-state index in [4.69, 9.17) is 0 Å². The largest absolute Gasteiger partial charge is 0.356 e. The molecular weight excluding hydrogens is 190 g/mol. The molecule has 0 aromatic carbocycles. The molecule has 1 heterocycles. The lowest BCUT2D eigenvalue weighted by atomic mass is 9.92. The van der Waals surface area contributed by atoms with Crippen molar-refractivity contribution in [2.75, 3.05) is 6.54 Å². The van der Waals surface area contributed by atoms with E-state index in [0.29, 0.717) is 12.8 Å². The van der Waals surface area contributed by atoms with Crippen LogP contribution in [0.1, 0.15) is 38.5 Å². The first kappa shape index (κ1) is 12.0. The highest BCUT2D eigenvalue weighted by molar-refractivity contribution is 5.87. The van der Waals surface area contributed by atoms with E-state index in [1.54, 1.807) is 0 Å². The maximum atomic E-state index is 11.8. The molecule has 3 heteroatoms. The van der Waals surface area contributed by atoms with Gasteiger partial charge in [0.2, 0.25) is 5.91 Å². The Morgan fingerprint density at radius 3 is 3.13 bits per heavy atom. The minimum Gasteiger partial charge on any atom is -0.356 e. The smallest absolute Gasteiger partial charge is 0.220 e. The van der Waals surface area contributed by atoms with Gasteiger partial charge in [-0.3, -0.25) is 9.59 Å². The third kappa shape index (κ3) is 4.28. The molecule has 1 aliphatic rings. The molecule has 1 atom stereocenters. The van der Waals surface area contributed by atoms with Crippen LogP contribution in [0.25, 0.3) is 0 Å². The SMILES string of the molecule is C=CCCCC(=O)C1CCCNC(=O)C1. The first-order valence-electron chi connectivity index (χ1n) is 5.64. The second kappa shape index (κ2) is 6.38. The number of carbonyl (C=O) groups excluding carboxylic acids is 2. The van der Waals surface area contributed by atoms with Crippen molar-refractivity contribution in [3.8, 4) is 0 Å². The van der Waals surface area contributed by atoms with Crippen molar-refractivity contribution in [3.05, 3.63) is 12.7 Å². The summed E-state index contributed by atoms with van der Waals surface area (Å²) in [7, 11) is 0. The van der Waals surface area contributed by atoms with Gasteiger partial charge in [0.05, 0.1) is 0 Å². The zero-order chi connectivity index (χ0) is 11.1. The third-order valence-electron chi connectivity index (χ3n) is 2.77. The van der Waals surface area contributed by atoms with Gasteiger partial charge in [0.1, 0.15) is 5.78 Å². The zero-order valence-electron chi connectivity index (χ0n) is 9.13. The quantitative estimate of drug-likeness (QED) is 0.554. The van der Waals surface area contributed by atoms with Gasteiger partial charge < -0.3 is 5.32 Å². The fourth-order valence-corrected chi connectivity index (χ4v) is 1.87. The molecule has 0 aliphatic carbocycles. The number of ketones is 1. The summed E-state index contributed by atoms with van der Waals surface area (Å²) in [5.74, 6) is 0.223. The van der Waals surface area contributed by atoms with E-state index >= 15 is 0 Å². The van der Waals surface area contributed by atoms with Gasteiger partial charge in [-0.25, -0.2) is 0 Å². The van der Waals surface area contributed by atoms with E-state index < -0.39 is 0 Å². The highest BCUT2D eigenvalue weighted by atomic mass is 16.2. The minimum absolute atomic E-state index is 0.0228. The van der Waals surface area contributed by atoms with E-state index in [1.807, 2.05) is 6.08 Å². The van der Waals surface area contributed by atoms with Crippen molar-refractivity contribution >= 4 is 11.7 Å². The van der Waals surface area contributed by atoms with Gasteiger partial charge in [-0.2, -0.15) is 0 Å². The van der Waals surface area contributed by atoms with E-state index in [-0.39, 0.29) is 17.6 Å². The van der Waals surface area contributed by atoms with Gasteiger partial charge in [0, 0.05) is 25.3 Å². The van der Waals surface area contributed by atoms with Gasteiger partial charge >= 0.3 is 0 Å². The lowest BCUT2D eigenvalue weighted by Gasteiger charge is -2.10. The number of carbonyl (C=O) groups is 2. The molecule has 1 saturated heterocycles. The van der Waals surface area contributed by atoms with Gasteiger partial charge in [0.25, 0.3) is 0 Å². The predicted molar refractivity (Wildman–Crippen MR) is 59.4 cm³/mol. The molecule has 1 unspecified atom stereocenters. The van der Waals surface area contributed by atoms with Crippen LogP contribution in [-0.4, -0.2) is 18.2 Å². The van der Waals surface area contributed by atoms with Gasteiger partial charge in [-0.1, -0.05) is 6.08 Å². The van der Waals surface area contributed by atoms with Crippen LogP contribution in [0, 0.1) is 5.92 Å². The number of Topliss-reactive ketones (excluding diaryl/α,β-unsaturated/α-hetero) is 1. The van der Waals surface area contributed by atoms with E-state index in [0.717, 1.165) is 32.2 Å². The highest BCUT2D eigenvalue weighted by Crippen LogP contribution is 2.18. The minimum atomic E-state index is -0.0442. The Hall–Kier alpha value is -1.12. The molecule has 1 fully saturated rings. The lowest BCUT2D eigenvalue weighted by Crippen LogP contribution is -2.24. The summed E-state index contributed by atoms with van der Waals surface area (Å²) >= 11 is 0. The Balaban J connectivity index is 2.36. The van der Waals surface area contributed by atoms with Crippen LogP contribution in [-0.2, 0) is 9.59 Å². The van der Waals surface area contributed by atoms with Crippen molar-refractivity contribution in [2.24, 2.45) is 5.92 Å². The van der Waals surface area contributed by atoms with Crippen LogP contribution in [0.2, 0.25) is 0 Å². The average Bonchev–Trinajstić information content (AvgIpc) is 2.43. The number of rotatable bonds is 5. The van der Waals surface area contributed by atoms with Gasteiger partial charge in [-0.15, -0.1) is 6.58 Å². The summed E-state index contributed by atoms with van der Waals surface area (Å²) in [4.78, 5) is 23.0. The molecule has 0 bridgehead atoms. The molecule has 0 aromatic heterocycles. The van der Waals surface area contributed by atoms with E-state index in [1.165, 1.54) is 0 Å². The van der Waals surface area contributed by atoms with Gasteiger partial charge in [0.15, 0.2) is 0 Å². The highest BCUT2D eigenvalue weighted by Gasteiger charge is 2.22. The molecule has 15 heavy (non-hydrogen) atoms. The molecule has 1 amide bonds. The predicted octanol–water partition coefficient (Wildman–Crippen LogP) is 1.83. The molecule has 84 valence electrons. The molecule has 1 rings (SSSR count). The van der Waals surface area contributed by atoms with E-state index in [9.17, 15) is 9.59 Å². The van der Waals surface area contributed by atoms with Crippen LogP contribution in [0.15, 0.2) is 12.7 Å². The summed E-state index contributed by atoms with van der Waals surface area (Å²) < 4.78 is 0. The van der Waals surface area contributed by atoms with Crippen LogP contribution in [0.5, 0.6) is 0 Å². The second-order valence-electron chi connectivity index (χ2n) is 4.04. The summed E-state index contributed by atoms with van der Waals surface area (Å²) in [6.45, 7) is 4.34. The summed E-state index contributed by atoms with van der Waals surface area (Å²) in [5.41, 5.74) is 0. The van der Waals surface area contributed by atoms with Crippen LogP contribution < -0.4 is 5.32 Å². The van der Waals surface area contributed by atoms with Crippen LogP contribution in [0.4, 0.5) is 0 Å². The Bertz CT molecular complexity index is 248. The van der Waals surface area contributed by atoms with Crippen molar-refractivity contribution in [1.29, 1.82) is 0 Å². The standard InChI is InChI=1S/C12H19NO2/c1-2-3-4-7-11(14)10-6-5-8-13-12(15)9-10/h2,10H,1,3-9H2,(H,13,15). The molecule has 0 aromatic rings. The molecule has 0 spiro atoms. The normalized spacial score (nSPS) is 21.6. The summed E-state index contributed by atoms with van der Waals surface area (Å²) in [6.07, 6.45) is 6.31. The Morgan fingerprint density at radius 2 is 2.40 bits per heavy atom. The summed E-state index contributed by atoms with van der Waals surface area (Å²) in [6, 6.07) is 0. The monoisotopic (exact) mass is 209 g/mol. The van der Waals surface area contributed by atoms with Crippen molar-refractivity contribution in [3.63, 3.8) is 0 Å². The average molecular weight is 209 g/mol. The molecule has 1 aliphatic heterocycles. The Labute approximate surface area is 90.9 Å². The fourth-order valence-electron chi connectivity index (χ4n) is 1.87. The zero-order valence-corrected chi connectivity index (χ0v) is 9.13. The fraction of sp³-hybridized carbons (Fsp3) is 0.667. The first-order valence-corrected chi connectivity index (χ1v) is 5.64. The first-order chi connectivity index (χ1) is 7.24. The number of amides is 1. The van der Waals surface area contributed by atoms with Crippen molar-refractivity contribution < 1.29 is 9.59 Å². The van der Waals surface area contributed by atoms with Crippen LogP contribution >= 0.6 is 0 Å². The lowest BCUT2D eigenvalue weighted by molar-refractivity contribution is -0.128. The molecule has 1 N–H and O–H groups in total. The number of allylic oxidation sites excluding steroid dienone is 1. The van der Waals surface area contributed by atoms with E-state index in [2.05, 4.69) is 11.9 Å². The molecule has 3 nitrogen and oxygen atoms in total. The molecule has 0 radical (unpaired) electrons. The number of unbranched alkanes of at least 4 members (excludes halogenated alkanes) is 1. The Morgan fingerprint density at radius 1 is 1.60 bits per heavy atom.